The van der Waals surface area contributed by atoms with Gasteiger partial charge in [-0.3, -0.25) is 0 Å². The molecule has 1 aliphatic rings. The van der Waals surface area contributed by atoms with E-state index in [1.54, 1.807) is 0 Å². The zero-order chi connectivity index (χ0) is 24.6. The second-order valence-corrected chi connectivity index (χ2v) is 9.97. The van der Waals surface area contributed by atoms with Crippen molar-refractivity contribution >= 4 is 28.4 Å². The first-order valence-corrected chi connectivity index (χ1v) is 12.7. The van der Waals surface area contributed by atoms with E-state index in [0.717, 1.165) is 53.9 Å². The first kappa shape index (κ1) is 22.5. The summed E-state index contributed by atoms with van der Waals surface area (Å²) in [6.45, 7) is 6.62. The van der Waals surface area contributed by atoms with Gasteiger partial charge in [-0.1, -0.05) is 56.3 Å². The van der Waals surface area contributed by atoms with Crippen molar-refractivity contribution in [3.8, 4) is 11.3 Å². The SMILES string of the molecule is CC(C)c1cnn2c(NCc3ccccc3-c3cc4ccccc4[nH]3)nc(N3CCCC(N)C3)nc12. The third kappa shape index (κ3) is 4.18. The highest BCUT2D eigenvalue weighted by Gasteiger charge is 2.22. The number of aromatic nitrogens is 5. The molecule has 36 heavy (non-hydrogen) atoms. The second kappa shape index (κ2) is 9.28. The average Bonchev–Trinajstić information content (AvgIpc) is 3.52. The molecule has 0 amide bonds. The number of nitrogens with two attached hydrogens (primary N) is 1. The molecule has 4 heterocycles. The molecule has 0 radical (unpaired) electrons. The Morgan fingerprint density at radius 3 is 2.78 bits per heavy atom. The van der Waals surface area contributed by atoms with Crippen LogP contribution in [0.25, 0.3) is 27.8 Å². The van der Waals surface area contributed by atoms with E-state index in [4.69, 9.17) is 15.7 Å². The largest absolute Gasteiger partial charge is 0.355 e. The first-order chi connectivity index (χ1) is 17.6. The number of fused-ring (bicyclic) bond motifs is 2. The minimum Gasteiger partial charge on any atom is -0.355 e. The summed E-state index contributed by atoms with van der Waals surface area (Å²) in [4.78, 5) is 15.6. The number of rotatable bonds is 6. The molecule has 6 rings (SSSR count). The lowest BCUT2D eigenvalue weighted by Gasteiger charge is -2.31. The Morgan fingerprint density at radius 2 is 1.94 bits per heavy atom. The van der Waals surface area contributed by atoms with Crippen molar-refractivity contribution in [3.63, 3.8) is 0 Å². The maximum absolute atomic E-state index is 6.27. The van der Waals surface area contributed by atoms with Crippen molar-refractivity contribution in [2.75, 3.05) is 23.3 Å². The van der Waals surface area contributed by atoms with E-state index < -0.39 is 0 Å². The summed E-state index contributed by atoms with van der Waals surface area (Å²) < 4.78 is 1.83. The number of H-pyrrole nitrogens is 1. The number of aromatic amines is 1. The number of hydrogen-bond acceptors (Lipinski definition) is 6. The van der Waals surface area contributed by atoms with Crippen molar-refractivity contribution < 1.29 is 0 Å². The summed E-state index contributed by atoms with van der Waals surface area (Å²) in [5, 5.41) is 9.41. The Kier molecular flexibility index (Phi) is 5.81. The fraction of sp³-hybridized carbons (Fsp3) is 0.321. The minimum atomic E-state index is 0.146. The quantitative estimate of drug-likeness (QED) is 0.318. The number of anilines is 2. The maximum Gasteiger partial charge on any atom is 0.230 e. The second-order valence-electron chi connectivity index (χ2n) is 9.97. The van der Waals surface area contributed by atoms with Crippen molar-refractivity contribution in [1.29, 1.82) is 0 Å². The molecule has 8 heteroatoms. The van der Waals surface area contributed by atoms with Crippen LogP contribution in [-0.4, -0.2) is 43.7 Å². The fourth-order valence-corrected chi connectivity index (χ4v) is 5.07. The Bertz CT molecular complexity index is 1480. The smallest absolute Gasteiger partial charge is 0.230 e. The third-order valence-electron chi connectivity index (χ3n) is 7.02. The van der Waals surface area contributed by atoms with Crippen LogP contribution in [-0.2, 0) is 6.54 Å². The van der Waals surface area contributed by atoms with Gasteiger partial charge < -0.3 is 20.9 Å². The van der Waals surface area contributed by atoms with Crippen molar-refractivity contribution in [2.45, 2.75) is 45.2 Å². The number of nitrogens with zero attached hydrogens (tertiary/aromatic N) is 5. The molecule has 0 saturated carbocycles. The molecule has 8 nitrogen and oxygen atoms in total. The molecule has 5 aromatic rings. The van der Waals surface area contributed by atoms with Crippen LogP contribution in [0, 0.1) is 0 Å². The first-order valence-electron chi connectivity index (χ1n) is 12.7. The fourth-order valence-electron chi connectivity index (χ4n) is 5.07. The molecular formula is C28H32N8. The Morgan fingerprint density at radius 1 is 1.11 bits per heavy atom. The topological polar surface area (TPSA) is 100 Å². The standard InChI is InChI=1S/C28H32N8/c1-18(2)23-16-31-36-26(23)33-28(35-13-7-10-21(29)17-35)34-27(36)30-15-20-9-3-5-11-22(20)25-14-19-8-4-6-12-24(19)32-25/h3-6,8-9,11-12,14,16,18,21,32H,7,10,13,15,17,29H2,1-2H3,(H,30,33,34). The van der Waals surface area contributed by atoms with Gasteiger partial charge in [0.25, 0.3) is 0 Å². The van der Waals surface area contributed by atoms with Crippen LogP contribution in [0.3, 0.4) is 0 Å². The molecule has 2 aromatic carbocycles. The van der Waals surface area contributed by atoms with Gasteiger partial charge in [-0.05, 0) is 36.5 Å². The summed E-state index contributed by atoms with van der Waals surface area (Å²) in [6, 6.07) is 19.2. The van der Waals surface area contributed by atoms with Crippen LogP contribution in [0.15, 0.2) is 60.8 Å². The van der Waals surface area contributed by atoms with E-state index in [9.17, 15) is 0 Å². The molecule has 3 aromatic heterocycles. The molecule has 1 atom stereocenters. The zero-order valence-electron chi connectivity index (χ0n) is 20.8. The van der Waals surface area contributed by atoms with E-state index in [2.05, 4.69) is 88.7 Å². The molecule has 0 aliphatic carbocycles. The summed E-state index contributed by atoms with van der Waals surface area (Å²) in [6.07, 6.45) is 4.00. The van der Waals surface area contributed by atoms with Crippen LogP contribution in [0.1, 0.15) is 43.7 Å². The summed E-state index contributed by atoms with van der Waals surface area (Å²) >= 11 is 0. The van der Waals surface area contributed by atoms with Crippen LogP contribution < -0.4 is 16.0 Å². The van der Waals surface area contributed by atoms with E-state index in [1.165, 1.54) is 10.9 Å². The number of piperidine rings is 1. The maximum atomic E-state index is 6.27. The van der Waals surface area contributed by atoms with Crippen molar-refractivity contribution in [2.24, 2.45) is 5.73 Å². The van der Waals surface area contributed by atoms with Gasteiger partial charge in [0.05, 0.1) is 6.20 Å². The predicted molar refractivity (Wildman–Crippen MR) is 145 cm³/mol. The van der Waals surface area contributed by atoms with Gasteiger partial charge in [-0.25, -0.2) is 0 Å². The highest BCUT2D eigenvalue weighted by atomic mass is 15.4. The monoisotopic (exact) mass is 480 g/mol. The van der Waals surface area contributed by atoms with E-state index in [1.807, 2.05) is 10.7 Å². The van der Waals surface area contributed by atoms with Gasteiger partial charge in [-0.15, -0.1) is 0 Å². The van der Waals surface area contributed by atoms with E-state index >= 15 is 0 Å². The van der Waals surface area contributed by atoms with Crippen LogP contribution in [0.2, 0.25) is 0 Å². The van der Waals surface area contributed by atoms with Gasteiger partial charge >= 0.3 is 0 Å². The number of nitrogens with one attached hydrogen (secondary N) is 2. The molecule has 4 N–H and O–H groups in total. The molecule has 184 valence electrons. The Hall–Kier alpha value is -3.91. The van der Waals surface area contributed by atoms with Crippen LogP contribution in [0.5, 0.6) is 0 Å². The zero-order valence-corrected chi connectivity index (χ0v) is 20.8. The molecule has 1 unspecified atom stereocenters. The number of hydrogen-bond donors (Lipinski definition) is 3. The predicted octanol–water partition coefficient (Wildman–Crippen LogP) is 4.94. The van der Waals surface area contributed by atoms with Gasteiger partial charge in [0.15, 0.2) is 5.65 Å². The molecule has 1 fully saturated rings. The van der Waals surface area contributed by atoms with E-state index in [0.29, 0.717) is 24.4 Å². The summed E-state index contributed by atoms with van der Waals surface area (Å²) in [5.74, 6) is 1.71. The van der Waals surface area contributed by atoms with Crippen molar-refractivity contribution in [1.82, 2.24) is 24.6 Å². The van der Waals surface area contributed by atoms with Gasteiger partial charge in [-0.2, -0.15) is 19.6 Å². The highest BCUT2D eigenvalue weighted by Crippen LogP contribution is 2.29. The molecule has 0 spiro atoms. The highest BCUT2D eigenvalue weighted by molar-refractivity contribution is 5.86. The Labute approximate surface area is 210 Å². The lowest BCUT2D eigenvalue weighted by atomic mass is 10.0. The summed E-state index contributed by atoms with van der Waals surface area (Å²) in [5.41, 5.74) is 12.8. The molecular weight excluding hydrogens is 448 g/mol. The van der Waals surface area contributed by atoms with Crippen LogP contribution in [0.4, 0.5) is 11.9 Å². The van der Waals surface area contributed by atoms with Crippen molar-refractivity contribution in [3.05, 3.63) is 71.9 Å². The normalized spacial score (nSPS) is 16.3. The lowest BCUT2D eigenvalue weighted by Crippen LogP contribution is -2.43. The lowest BCUT2D eigenvalue weighted by molar-refractivity contribution is 0.499. The van der Waals surface area contributed by atoms with Gasteiger partial charge in [0.1, 0.15) is 0 Å². The molecule has 1 aliphatic heterocycles. The minimum absolute atomic E-state index is 0.146. The van der Waals surface area contributed by atoms with Gasteiger partial charge in [0, 0.05) is 53.4 Å². The van der Waals surface area contributed by atoms with E-state index in [-0.39, 0.29) is 6.04 Å². The number of benzene rings is 2. The third-order valence-corrected chi connectivity index (χ3v) is 7.02. The molecule has 0 bridgehead atoms. The van der Waals surface area contributed by atoms with Crippen LogP contribution >= 0.6 is 0 Å². The van der Waals surface area contributed by atoms with Gasteiger partial charge in [0.2, 0.25) is 11.9 Å². The summed E-state index contributed by atoms with van der Waals surface area (Å²) in [7, 11) is 0. The average molecular weight is 481 g/mol. The molecule has 1 saturated heterocycles. The number of para-hydroxylation sites is 1. The Balaban J connectivity index is 1.36.